The number of aromatic nitrogens is 2. The number of amides is 1. The Morgan fingerprint density at radius 3 is 2.94 bits per heavy atom. The van der Waals surface area contributed by atoms with Crippen LogP contribution >= 0.6 is 11.6 Å². The molecule has 1 amide bonds. The van der Waals surface area contributed by atoms with Crippen LogP contribution in [-0.2, 0) is 0 Å². The molecule has 31 heavy (non-hydrogen) atoms. The number of hydrogen-bond acceptors (Lipinski definition) is 4. The first-order valence-electron chi connectivity index (χ1n) is 10.3. The van der Waals surface area contributed by atoms with E-state index >= 15 is 0 Å². The lowest BCUT2D eigenvalue weighted by atomic mass is 9.95. The molecule has 0 saturated carbocycles. The van der Waals surface area contributed by atoms with Gasteiger partial charge in [0.2, 0.25) is 0 Å². The fraction of sp³-hybridized carbons (Fsp3) is 0.250. The van der Waals surface area contributed by atoms with Crippen LogP contribution in [0.1, 0.15) is 47.4 Å². The zero-order chi connectivity index (χ0) is 22.0. The van der Waals surface area contributed by atoms with Crippen molar-refractivity contribution in [2.24, 2.45) is 0 Å². The third-order valence-electron chi connectivity index (χ3n) is 5.34. The molecule has 4 rings (SSSR count). The fourth-order valence-electron chi connectivity index (χ4n) is 3.88. The van der Waals surface area contributed by atoms with Gasteiger partial charge in [-0.3, -0.25) is 9.89 Å². The minimum Gasteiger partial charge on any atom is -0.507 e. The molecular formula is C24H24ClN3O3. The topological polar surface area (TPSA) is 78.5 Å². The molecule has 2 N–H and O–H groups in total. The van der Waals surface area contributed by atoms with Gasteiger partial charge in [0.15, 0.2) is 0 Å². The maximum absolute atomic E-state index is 13.1. The van der Waals surface area contributed by atoms with E-state index in [0.29, 0.717) is 40.7 Å². The molecule has 0 saturated heterocycles. The molecule has 0 aliphatic carbocycles. The van der Waals surface area contributed by atoms with E-state index in [1.807, 2.05) is 24.3 Å². The summed E-state index contributed by atoms with van der Waals surface area (Å²) in [5, 5.41) is 18.1. The van der Waals surface area contributed by atoms with Gasteiger partial charge in [-0.05, 0) is 42.3 Å². The van der Waals surface area contributed by atoms with Crippen molar-refractivity contribution in [3.05, 3.63) is 77.0 Å². The standard InChI is InChI=1S/C24H24ClN3O3/c1-3-5-12-31-17-8-6-7-15(13-17)23-20-21(18-14-16(25)9-10-19(18)29)26-27-22(20)24(30)28(23)11-4-2/h4,6-10,13-14,23,29H,2-3,5,11-12H2,1H3,(H,26,27). The van der Waals surface area contributed by atoms with Crippen LogP contribution in [0.4, 0.5) is 0 Å². The number of aromatic amines is 1. The number of unbranched alkanes of at least 4 members (excludes halogenated alkanes) is 1. The van der Waals surface area contributed by atoms with Crippen molar-refractivity contribution >= 4 is 17.5 Å². The predicted molar refractivity (Wildman–Crippen MR) is 121 cm³/mol. The lowest BCUT2D eigenvalue weighted by Crippen LogP contribution is -2.29. The highest BCUT2D eigenvalue weighted by atomic mass is 35.5. The van der Waals surface area contributed by atoms with Crippen LogP contribution in [-0.4, -0.2) is 39.3 Å². The molecule has 2 aromatic carbocycles. The van der Waals surface area contributed by atoms with Crippen molar-refractivity contribution in [3.8, 4) is 22.8 Å². The highest BCUT2D eigenvalue weighted by molar-refractivity contribution is 6.31. The molecule has 6 nitrogen and oxygen atoms in total. The van der Waals surface area contributed by atoms with Crippen molar-refractivity contribution in [1.29, 1.82) is 0 Å². The van der Waals surface area contributed by atoms with Crippen LogP contribution in [0.2, 0.25) is 5.02 Å². The summed E-state index contributed by atoms with van der Waals surface area (Å²) in [6.07, 6.45) is 3.72. The quantitative estimate of drug-likeness (QED) is 0.368. The van der Waals surface area contributed by atoms with Gasteiger partial charge in [0.25, 0.3) is 5.91 Å². The van der Waals surface area contributed by atoms with Gasteiger partial charge < -0.3 is 14.7 Å². The lowest BCUT2D eigenvalue weighted by molar-refractivity contribution is 0.0764. The summed E-state index contributed by atoms with van der Waals surface area (Å²) in [6, 6.07) is 12.1. The molecule has 1 aliphatic heterocycles. The van der Waals surface area contributed by atoms with Crippen LogP contribution < -0.4 is 4.74 Å². The summed E-state index contributed by atoms with van der Waals surface area (Å²) >= 11 is 6.17. The Morgan fingerprint density at radius 1 is 1.32 bits per heavy atom. The molecular weight excluding hydrogens is 414 g/mol. The molecule has 1 unspecified atom stereocenters. The molecule has 1 aliphatic rings. The van der Waals surface area contributed by atoms with Gasteiger partial charge in [0.05, 0.1) is 12.6 Å². The first-order chi connectivity index (χ1) is 15.0. The third kappa shape index (κ3) is 3.91. The Labute approximate surface area is 186 Å². The van der Waals surface area contributed by atoms with Crippen molar-refractivity contribution < 1.29 is 14.6 Å². The van der Waals surface area contributed by atoms with Gasteiger partial charge in [-0.15, -0.1) is 6.58 Å². The van der Waals surface area contributed by atoms with E-state index in [4.69, 9.17) is 16.3 Å². The van der Waals surface area contributed by atoms with Gasteiger partial charge in [0.1, 0.15) is 22.9 Å². The van der Waals surface area contributed by atoms with E-state index in [-0.39, 0.29) is 11.7 Å². The van der Waals surface area contributed by atoms with Crippen molar-refractivity contribution in [1.82, 2.24) is 15.1 Å². The largest absolute Gasteiger partial charge is 0.507 e. The molecule has 1 aromatic heterocycles. The summed E-state index contributed by atoms with van der Waals surface area (Å²) in [7, 11) is 0. The van der Waals surface area contributed by atoms with Gasteiger partial charge in [0, 0.05) is 22.7 Å². The predicted octanol–water partition coefficient (Wildman–Crippen LogP) is 5.35. The number of halogens is 1. The summed E-state index contributed by atoms with van der Waals surface area (Å²) in [5.41, 5.74) is 2.97. The van der Waals surface area contributed by atoms with E-state index in [1.165, 1.54) is 6.07 Å². The molecule has 0 bridgehead atoms. The Morgan fingerprint density at radius 2 is 2.16 bits per heavy atom. The first kappa shape index (κ1) is 21.0. The lowest BCUT2D eigenvalue weighted by Gasteiger charge is -2.25. The summed E-state index contributed by atoms with van der Waals surface area (Å²) in [4.78, 5) is 14.9. The smallest absolute Gasteiger partial charge is 0.273 e. The number of rotatable bonds is 8. The summed E-state index contributed by atoms with van der Waals surface area (Å²) in [6.45, 7) is 6.93. The number of phenolic OH excluding ortho intramolecular Hbond substituents is 1. The van der Waals surface area contributed by atoms with E-state index in [0.717, 1.165) is 24.2 Å². The van der Waals surface area contributed by atoms with Crippen LogP contribution in [0.5, 0.6) is 11.5 Å². The maximum Gasteiger partial charge on any atom is 0.273 e. The molecule has 0 radical (unpaired) electrons. The van der Waals surface area contributed by atoms with Crippen molar-refractivity contribution in [2.45, 2.75) is 25.8 Å². The number of aromatic hydroxyl groups is 1. The normalized spacial score (nSPS) is 15.2. The molecule has 0 fully saturated rings. The second-order valence-electron chi connectivity index (χ2n) is 7.45. The first-order valence-corrected chi connectivity index (χ1v) is 10.6. The number of fused-ring (bicyclic) bond motifs is 1. The van der Waals surface area contributed by atoms with Gasteiger partial charge in [-0.25, -0.2) is 0 Å². The van der Waals surface area contributed by atoms with Crippen LogP contribution in [0.25, 0.3) is 11.3 Å². The zero-order valence-electron chi connectivity index (χ0n) is 17.3. The van der Waals surface area contributed by atoms with E-state index in [2.05, 4.69) is 23.7 Å². The van der Waals surface area contributed by atoms with Crippen LogP contribution in [0.3, 0.4) is 0 Å². The minimum absolute atomic E-state index is 0.0451. The van der Waals surface area contributed by atoms with E-state index in [1.54, 1.807) is 23.1 Å². The monoisotopic (exact) mass is 437 g/mol. The Bertz CT molecular complexity index is 1130. The van der Waals surface area contributed by atoms with Crippen LogP contribution in [0.15, 0.2) is 55.1 Å². The van der Waals surface area contributed by atoms with Gasteiger partial charge in [-0.2, -0.15) is 5.10 Å². The van der Waals surface area contributed by atoms with E-state index in [9.17, 15) is 9.90 Å². The number of carbonyl (C=O) groups is 1. The molecule has 0 spiro atoms. The summed E-state index contributed by atoms with van der Waals surface area (Å²) in [5.74, 6) is 0.627. The maximum atomic E-state index is 13.1. The average molecular weight is 438 g/mol. The third-order valence-corrected chi connectivity index (χ3v) is 5.58. The second kappa shape index (κ2) is 8.86. The SMILES string of the molecule is C=CCN1C(=O)c2[nH]nc(-c3cc(Cl)ccc3O)c2C1c1cccc(OCCCC)c1. The summed E-state index contributed by atoms with van der Waals surface area (Å²) < 4.78 is 5.88. The Hall–Kier alpha value is -3.25. The Kier molecular flexibility index (Phi) is 6.00. The van der Waals surface area contributed by atoms with E-state index < -0.39 is 6.04 Å². The fourth-order valence-corrected chi connectivity index (χ4v) is 4.05. The van der Waals surface area contributed by atoms with Crippen molar-refractivity contribution in [2.75, 3.05) is 13.2 Å². The molecule has 7 heteroatoms. The number of carbonyl (C=O) groups excluding carboxylic acids is 1. The number of hydrogen-bond donors (Lipinski definition) is 2. The number of nitrogens with one attached hydrogen (secondary N) is 1. The van der Waals surface area contributed by atoms with Gasteiger partial charge >= 0.3 is 0 Å². The second-order valence-corrected chi connectivity index (χ2v) is 7.88. The average Bonchev–Trinajstić information content (AvgIpc) is 3.30. The number of nitrogens with zero attached hydrogens (tertiary/aromatic N) is 2. The number of ether oxygens (including phenoxy) is 1. The van der Waals surface area contributed by atoms with Gasteiger partial charge in [-0.1, -0.05) is 43.2 Å². The number of benzene rings is 2. The van der Waals surface area contributed by atoms with Crippen LogP contribution in [0, 0.1) is 0 Å². The molecule has 1 atom stereocenters. The molecule has 2 heterocycles. The molecule has 160 valence electrons. The van der Waals surface area contributed by atoms with Crippen molar-refractivity contribution in [3.63, 3.8) is 0 Å². The number of phenols is 1. The zero-order valence-corrected chi connectivity index (χ0v) is 18.0. The highest BCUT2D eigenvalue weighted by Gasteiger charge is 2.42. The minimum atomic E-state index is -0.401. The number of H-pyrrole nitrogens is 1. The molecule has 3 aromatic rings. The highest BCUT2D eigenvalue weighted by Crippen LogP contribution is 2.45. The Balaban J connectivity index is 1.82.